The van der Waals surface area contributed by atoms with Gasteiger partial charge in [-0.1, -0.05) is 11.6 Å². The number of anilines is 1. The summed E-state index contributed by atoms with van der Waals surface area (Å²) in [6.07, 6.45) is 5.07. The lowest BCUT2D eigenvalue weighted by Gasteiger charge is -2.12. The normalized spacial score (nSPS) is 11.7. The molecule has 13 heteroatoms. The van der Waals surface area contributed by atoms with Crippen molar-refractivity contribution in [2.24, 2.45) is 0 Å². The smallest absolute Gasteiger partial charge is 0.272 e. The Morgan fingerprint density at radius 2 is 2.03 bits per heavy atom. The van der Waals surface area contributed by atoms with Gasteiger partial charge in [-0.05, 0) is 29.6 Å². The van der Waals surface area contributed by atoms with E-state index in [1.54, 1.807) is 0 Å². The minimum Gasteiger partial charge on any atom is -0.443 e. The van der Waals surface area contributed by atoms with Crippen molar-refractivity contribution >= 4 is 55.5 Å². The van der Waals surface area contributed by atoms with Crippen LogP contribution in [-0.4, -0.2) is 29.2 Å². The Hall–Kier alpha value is -3.61. The zero-order chi connectivity index (χ0) is 24.0. The van der Waals surface area contributed by atoms with Crippen molar-refractivity contribution in [3.8, 4) is 11.3 Å². The Morgan fingerprint density at radius 1 is 1.21 bits per heavy atom. The number of hydrogen-bond acceptors (Lipinski definition) is 7. The highest BCUT2D eigenvalue weighted by atomic mass is 35.5. The minimum absolute atomic E-state index is 0.0753. The zero-order valence-corrected chi connectivity index (χ0v) is 19.1. The van der Waals surface area contributed by atoms with Crippen LogP contribution in [0.1, 0.15) is 15.9 Å². The van der Waals surface area contributed by atoms with Crippen molar-refractivity contribution in [3.05, 3.63) is 82.4 Å². The van der Waals surface area contributed by atoms with Crippen LogP contribution in [0.3, 0.4) is 0 Å². The molecule has 0 radical (unpaired) electrons. The average Bonchev–Trinajstić information content (AvgIpc) is 3.55. The first-order valence-corrected chi connectivity index (χ1v) is 12.1. The van der Waals surface area contributed by atoms with E-state index in [4.69, 9.17) is 16.0 Å². The topological polar surface area (TPSA) is 118 Å². The molecule has 0 fully saturated rings. The van der Waals surface area contributed by atoms with Crippen molar-refractivity contribution < 1.29 is 26.4 Å². The molecule has 4 heterocycles. The van der Waals surface area contributed by atoms with Gasteiger partial charge in [0.1, 0.15) is 11.5 Å². The maximum Gasteiger partial charge on any atom is 0.272 e. The van der Waals surface area contributed by atoms with Gasteiger partial charge in [0.25, 0.3) is 10.0 Å². The molecule has 172 valence electrons. The molecule has 0 bridgehead atoms. The molecule has 8 nitrogen and oxygen atoms in total. The van der Waals surface area contributed by atoms with E-state index in [1.807, 2.05) is 0 Å². The van der Waals surface area contributed by atoms with Gasteiger partial charge >= 0.3 is 0 Å². The van der Waals surface area contributed by atoms with Gasteiger partial charge in [0.2, 0.25) is 5.78 Å². The maximum atomic E-state index is 15.3. The van der Waals surface area contributed by atoms with E-state index in [2.05, 4.69) is 19.7 Å². The van der Waals surface area contributed by atoms with E-state index in [-0.39, 0.29) is 31.5 Å². The number of aromatic nitrogens is 3. The summed E-state index contributed by atoms with van der Waals surface area (Å²) in [6.45, 7) is 0. The molecule has 0 aliphatic carbocycles. The van der Waals surface area contributed by atoms with Gasteiger partial charge in [-0.2, -0.15) is 0 Å². The van der Waals surface area contributed by atoms with Gasteiger partial charge in [-0.15, -0.1) is 11.3 Å². The molecule has 0 aliphatic rings. The SMILES string of the molecule is O=C(c1c(F)ccc(NS(=O)(=O)c2sccc2-c2cnco2)c1F)c1c[nH]c2ncc(Cl)cc12. The second-order valence-electron chi connectivity index (χ2n) is 6.96. The molecular weight excluding hydrogens is 510 g/mol. The first kappa shape index (κ1) is 22.2. The fourth-order valence-electron chi connectivity index (χ4n) is 3.37. The van der Waals surface area contributed by atoms with E-state index in [9.17, 15) is 17.6 Å². The van der Waals surface area contributed by atoms with Crippen LogP contribution in [0.4, 0.5) is 14.5 Å². The summed E-state index contributed by atoms with van der Waals surface area (Å²) >= 11 is 6.80. The van der Waals surface area contributed by atoms with Gasteiger partial charge in [-0.25, -0.2) is 27.2 Å². The summed E-state index contributed by atoms with van der Waals surface area (Å²) in [4.78, 5) is 23.6. The lowest BCUT2D eigenvalue weighted by Crippen LogP contribution is -2.16. The van der Waals surface area contributed by atoms with Crippen molar-refractivity contribution in [2.45, 2.75) is 4.21 Å². The van der Waals surface area contributed by atoms with Crippen molar-refractivity contribution in [2.75, 3.05) is 4.72 Å². The summed E-state index contributed by atoms with van der Waals surface area (Å²) in [5.41, 5.74) is -1.09. The molecule has 4 aromatic heterocycles. The number of sulfonamides is 1. The molecule has 0 atom stereocenters. The van der Waals surface area contributed by atoms with Gasteiger partial charge in [0, 0.05) is 23.3 Å². The Kier molecular flexibility index (Phi) is 5.42. The zero-order valence-electron chi connectivity index (χ0n) is 16.7. The number of hydrogen-bond donors (Lipinski definition) is 2. The highest BCUT2D eigenvalue weighted by Gasteiger charge is 2.28. The van der Waals surface area contributed by atoms with Crippen LogP contribution < -0.4 is 4.72 Å². The number of thiophene rings is 1. The molecule has 34 heavy (non-hydrogen) atoms. The van der Waals surface area contributed by atoms with Gasteiger partial charge < -0.3 is 9.40 Å². The lowest BCUT2D eigenvalue weighted by atomic mass is 10.0. The number of H-pyrrole nitrogens is 1. The highest BCUT2D eigenvalue weighted by Crippen LogP contribution is 2.34. The van der Waals surface area contributed by atoms with E-state index in [0.29, 0.717) is 5.65 Å². The molecule has 0 aliphatic heterocycles. The standard InChI is InChI=1S/C21H11ClF2N4O4S2/c22-10-5-12-13(7-27-20(12)26-6-10)19(29)17-14(23)1-2-15(18(17)24)28-34(30,31)21-11(3-4-33-21)16-8-25-9-32-16/h1-9,28H,(H,26,27). The molecule has 2 N–H and O–H groups in total. The number of pyridine rings is 1. The number of nitrogens with one attached hydrogen (secondary N) is 2. The monoisotopic (exact) mass is 520 g/mol. The lowest BCUT2D eigenvalue weighted by molar-refractivity contribution is 0.103. The largest absolute Gasteiger partial charge is 0.443 e. The number of fused-ring (bicyclic) bond motifs is 1. The summed E-state index contributed by atoms with van der Waals surface area (Å²) in [7, 11) is -4.33. The second kappa shape index (κ2) is 8.31. The van der Waals surface area contributed by atoms with Crippen LogP contribution in [0.15, 0.2) is 63.3 Å². The first-order chi connectivity index (χ1) is 16.3. The molecule has 0 spiro atoms. The second-order valence-corrected chi connectivity index (χ2v) is 10.2. The number of oxazole rings is 1. The number of rotatable bonds is 6. The molecule has 0 amide bonds. The molecule has 5 rings (SSSR count). The third-order valence-corrected chi connectivity index (χ3v) is 7.93. The van der Waals surface area contributed by atoms with E-state index in [0.717, 1.165) is 29.9 Å². The molecule has 0 saturated heterocycles. The van der Waals surface area contributed by atoms with E-state index >= 15 is 4.39 Å². The van der Waals surface area contributed by atoms with Crippen molar-refractivity contribution in [3.63, 3.8) is 0 Å². The number of nitrogens with zero attached hydrogens (tertiary/aromatic N) is 2. The fourth-order valence-corrected chi connectivity index (χ4v) is 5.94. The van der Waals surface area contributed by atoms with Gasteiger partial charge in [0.05, 0.1) is 28.0 Å². The van der Waals surface area contributed by atoms with Crippen LogP contribution in [0.5, 0.6) is 0 Å². The average molecular weight is 521 g/mol. The molecular formula is C21H11ClF2N4O4S2. The highest BCUT2D eigenvalue weighted by molar-refractivity contribution is 7.94. The summed E-state index contributed by atoms with van der Waals surface area (Å²) in [6, 6.07) is 4.64. The van der Waals surface area contributed by atoms with Crippen molar-refractivity contribution in [1.82, 2.24) is 15.0 Å². The molecule has 1 aromatic carbocycles. The van der Waals surface area contributed by atoms with Crippen LogP contribution in [0.2, 0.25) is 5.02 Å². The summed E-state index contributed by atoms with van der Waals surface area (Å²) in [5.74, 6) is -3.34. The van der Waals surface area contributed by atoms with Gasteiger partial charge in [-0.3, -0.25) is 9.52 Å². The predicted molar refractivity (Wildman–Crippen MR) is 122 cm³/mol. The first-order valence-electron chi connectivity index (χ1n) is 9.41. The third kappa shape index (κ3) is 3.75. The number of halogens is 3. The summed E-state index contributed by atoms with van der Waals surface area (Å²) < 4.78 is 63.0. The van der Waals surface area contributed by atoms with Crippen LogP contribution >= 0.6 is 22.9 Å². The minimum atomic E-state index is -4.33. The number of aromatic amines is 1. The van der Waals surface area contributed by atoms with E-state index in [1.165, 1.54) is 36.1 Å². The quantitative estimate of drug-likeness (QED) is 0.295. The van der Waals surface area contributed by atoms with Crippen LogP contribution in [0.25, 0.3) is 22.4 Å². The van der Waals surface area contributed by atoms with Crippen LogP contribution in [0, 0.1) is 11.6 Å². The Bertz CT molecular complexity index is 1660. The fraction of sp³-hybridized carbons (Fsp3) is 0. The van der Waals surface area contributed by atoms with E-state index < -0.39 is 38.7 Å². The molecule has 0 unspecified atom stereocenters. The Labute approximate surface area is 199 Å². The number of benzene rings is 1. The number of carbonyl (C=O) groups is 1. The van der Waals surface area contributed by atoms with Gasteiger partial charge in [0.15, 0.2) is 22.2 Å². The number of ketones is 1. The van der Waals surface area contributed by atoms with Crippen LogP contribution in [-0.2, 0) is 10.0 Å². The number of carbonyl (C=O) groups excluding carboxylic acids is 1. The molecule has 5 aromatic rings. The third-order valence-electron chi connectivity index (χ3n) is 4.88. The Balaban J connectivity index is 1.55. The van der Waals surface area contributed by atoms with Crippen molar-refractivity contribution in [1.29, 1.82) is 0 Å². The maximum absolute atomic E-state index is 15.3. The predicted octanol–water partition coefficient (Wildman–Crippen LogP) is 5.24. The Morgan fingerprint density at radius 3 is 2.79 bits per heavy atom. The molecule has 0 saturated carbocycles. The summed E-state index contributed by atoms with van der Waals surface area (Å²) in [5, 5.41) is 2.00.